The predicted octanol–water partition coefficient (Wildman–Crippen LogP) is 4.88. The van der Waals surface area contributed by atoms with Gasteiger partial charge in [-0.05, 0) is 52.8 Å². The number of fused-ring (bicyclic) bond motifs is 1. The van der Waals surface area contributed by atoms with Crippen LogP contribution in [-0.4, -0.2) is 59.0 Å². The molecule has 36 heavy (non-hydrogen) atoms. The summed E-state index contributed by atoms with van der Waals surface area (Å²) in [6.07, 6.45) is 2.69. The Morgan fingerprint density at radius 3 is 2.67 bits per heavy atom. The fraction of sp³-hybridized carbons (Fsp3) is 0.400. The van der Waals surface area contributed by atoms with Crippen molar-refractivity contribution < 1.29 is 14.3 Å². The van der Waals surface area contributed by atoms with E-state index < -0.39 is 5.60 Å². The summed E-state index contributed by atoms with van der Waals surface area (Å²) in [4.78, 5) is 22.8. The Morgan fingerprint density at radius 2 is 1.97 bits per heavy atom. The van der Waals surface area contributed by atoms with Gasteiger partial charge in [0.05, 0.1) is 23.6 Å². The second kappa shape index (κ2) is 9.09. The summed E-state index contributed by atoms with van der Waals surface area (Å²) >= 11 is 6.42. The molecule has 4 aromatic rings. The van der Waals surface area contributed by atoms with Crippen molar-refractivity contribution >= 4 is 23.3 Å². The minimum atomic E-state index is -0.527. The van der Waals surface area contributed by atoms with Crippen LogP contribution in [0.25, 0.3) is 16.9 Å². The third kappa shape index (κ3) is 4.60. The maximum Gasteiger partial charge on any atom is 0.410 e. The molecule has 0 saturated carbocycles. The van der Waals surface area contributed by atoms with E-state index in [0.717, 1.165) is 17.0 Å². The number of likely N-dealkylation sites (tertiary alicyclic amines) is 1. The van der Waals surface area contributed by atoms with Crippen LogP contribution in [-0.2, 0) is 4.74 Å². The van der Waals surface area contributed by atoms with Gasteiger partial charge in [-0.15, -0.1) is 5.10 Å². The van der Waals surface area contributed by atoms with E-state index in [1.807, 2.05) is 69.6 Å². The number of carbonyl (C=O) groups excluding carboxylic acids is 1. The zero-order chi connectivity index (χ0) is 25.6. The Kier molecular flexibility index (Phi) is 6.07. The van der Waals surface area contributed by atoms with Crippen LogP contribution < -0.4 is 4.74 Å². The lowest BCUT2D eigenvalue weighted by atomic mass is 10.1. The molecule has 10 nitrogen and oxygen atoms in total. The topological polar surface area (TPSA) is 99.7 Å². The van der Waals surface area contributed by atoms with Crippen LogP contribution >= 0.6 is 11.6 Å². The van der Waals surface area contributed by atoms with Gasteiger partial charge < -0.3 is 14.4 Å². The highest BCUT2D eigenvalue weighted by atomic mass is 35.5. The van der Waals surface area contributed by atoms with Crippen molar-refractivity contribution in [2.45, 2.75) is 52.4 Å². The first kappa shape index (κ1) is 24.1. The second-order valence-corrected chi connectivity index (χ2v) is 10.3. The van der Waals surface area contributed by atoms with Crippen LogP contribution in [0.3, 0.4) is 0 Å². The summed E-state index contributed by atoms with van der Waals surface area (Å²) in [5.41, 5.74) is 3.31. The molecule has 188 valence electrons. The average Bonchev–Trinajstić information content (AvgIpc) is 3.35. The monoisotopic (exact) mass is 509 g/mol. The van der Waals surface area contributed by atoms with Gasteiger partial charge in [0.1, 0.15) is 28.2 Å². The standard InChI is InChI=1S/C25H28ClN7O3/c1-15-23(29-30-33(15)18-13-31(14-18)24(34)36-25(3,4)5)17-10-21-28-12-20(26)32(21)22(11-17)35-16(2)19-8-6-7-9-27-19/h6-12,16,18H,13-14H2,1-5H3/t16-/m1/s1. The summed E-state index contributed by atoms with van der Waals surface area (Å²) in [5.74, 6) is 0.525. The summed E-state index contributed by atoms with van der Waals surface area (Å²) in [6.45, 7) is 10.5. The van der Waals surface area contributed by atoms with Gasteiger partial charge >= 0.3 is 6.09 Å². The number of imidazole rings is 1. The molecule has 1 aliphatic rings. The summed E-state index contributed by atoms with van der Waals surface area (Å²) in [6, 6.07) is 9.51. The van der Waals surface area contributed by atoms with E-state index in [1.165, 1.54) is 0 Å². The van der Waals surface area contributed by atoms with E-state index in [9.17, 15) is 4.79 Å². The van der Waals surface area contributed by atoms with Crippen molar-refractivity contribution in [2.75, 3.05) is 13.1 Å². The first-order valence-electron chi connectivity index (χ1n) is 11.8. The smallest absolute Gasteiger partial charge is 0.410 e. The van der Waals surface area contributed by atoms with Gasteiger partial charge in [-0.1, -0.05) is 22.9 Å². The number of rotatable bonds is 5. The number of pyridine rings is 2. The molecule has 0 radical (unpaired) electrons. The molecule has 5 heterocycles. The van der Waals surface area contributed by atoms with Gasteiger partial charge in [-0.3, -0.25) is 9.38 Å². The molecule has 1 saturated heterocycles. The van der Waals surface area contributed by atoms with E-state index in [0.29, 0.717) is 35.5 Å². The Hall–Kier alpha value is -3.66. The predicted molar refractivity (Wildman–Crippen MR) is 134 cm³/mol. The van der Waals surface area contributed by atoms with Gasteiger partial charge in [0.25, 0.3) is 0 Å². The molecular weight excluding hydrogens is 482 g/mol. The van der Waals surface area contributed by atoms with Crippen molar-refractivity contribution in [3.05, 3.63) is 59.3 Å². The number of amides is 1. The highest BCUT2D eigenvalue weighted by Crippen LogP contribution is 2.33. The van der Waals surface area contributed by atoms with E-state index in [-0.39, 0.29) is 18.2 Å². The Balaban J connectivity index is 1.40. The molecule has 0 N–H and O–H groups in total. The number of halogens is 1. The van der Waals surface area contributed by atoms with E-state index in [2.05, 4.69) is 20.3 Å². The number of ether oxygens (including phenoxy) is 2. The van der Waals surface area contributed by atoms with Crippen LogP contribution in [0.1, 0.15) is 51.2 Å². The van der Waals surface area contributed by atoms with Gasteiger partial charge in [0.2, 0.25) is 5.88 Å². The molecule has 4 aromatic heterocycles. The molecule has 1 aliphatic heterocycles. The molecule has 0 unspecified atom stereocenters. The van der Waals surface area contributed by atoms with Crippen molar-refractivity contribution in [3.8, 4) is 17.1 Å². The summed E-state index contributed by atoms with van der Waals surface area (Å²) in [7, 11) is 0. The number of carbonyl (C=O) groups is 1. The maximum atomic E-state index is 12.3. The first-order chi connectivity index (χ1) is 17.1. The number of hydrogen-bond acceptors (Lipinski definition) is 7. The van der Waals surface area contributed by atoms with Crippen molar-refractivity contribution in [2.24, 2.45) is 0 Å². The number of hydrogen-bond donors (Lipinski definition) is 0. The van der Waals surface area contributed by atoms with Crippen molar-refractivity contribution in [3.63, 3.8) is 0 Å². The third-order valence-electron chi connectivity index (χ3n) is 5.99. The molecular formula is C25H28ClN7O3. The molecule has 0 bridgehead atoms. The lowest BCUT2D eigenvalue weighted by molar-refractivity contribution is -0.000882. The largest absolute Gasteiger partial charge is 0.469 e. The fourth-order valence-electron chi connectivity index (χ4n) is 4.16. The van der Waals surface area contributed by atoms with E-state index >= 15 is 0 Å². The third-order valence-corrected chi connectivity index (χ3v) is 6.26. The highest BCUT2D eigenvalue weighted by molar-refractivity contribution is 6.29. The Labute approximate surface area is 213 Å². The molecule has 0 spiro atoms. The SMILES string of the molecule is Cc1c(-c2cc(O[C@H](C)c3ccccn3)n3c(Cl)cnc3c2)nnn1C1CN(C(=O)OC(C)(C)C)C1. The second-order valence-electron chi connectivity index (χ2n) is 9.88. The van der Waals surface area contributed by atoms with Crippen LogP contribution in [0.2, 0.25) is 5.15 Å². The van der Waals surface area contributed by atoms with Crippen LogP contribution in [0.15, 0.2) is 42.7 Å². The molecule has 1 atom stereocenters. The van der Waals surface area contributed by atoms with Crippen molar-refractivity contribution in [1.82, 2.24) is 34.3 Å². The molecule has 5 rings (SSSR count). The summed E-state index contributed by atoms with van der Waals surface area (Å²) < 4.78 is 15.3. The van der Waals surface area contributed by atoms with E-state index in [4.69, 9.17) is 21.1 Å². The maximum absolute atomic E-state index is 12.3. The Bertz CT molecular complexity index is 1400. The number of nitrogens with zero attached hydrogens (tertiary/aromatic N) is 7. The quantitative estimate of drug-likeness (QED) is 0.378. The van der Waals surface area contributed by atoms with Crippen molar-refractivity contribution in [1.29, 1.82) is 0 Å². The number of aromatic nitrogens is 6. The zero-order valence-electron chi connectivity index (χ0n) is 20.8. The molecule has 0 aliphatic carbocycles. The van der Waals surface area contributed by atoms with Gasteiger partial charge in [-0.2, -0.15) is 0 Å². The fourth-order valence-corrected chi connectivity index (χ4v) is 4.38. The average molecular weight is 510 g/mol. The molecule has 0 aromatic carbocycles. The van der Waals surface area contributed by atoms with Gasteiger partial charge in [-0.25, -0.2) is 14.5 Å². The first-order valence-corrected chi connectivity index (χ1v) is 12.1. The van der Waals surface area contributed by atoms with E-state index in [1.54, 1.807) is 21.7 Å². The molecule has 11 heteroatoms. The summed E-state index contributed by atoms with van der Waals surface area (Å²) in [5, 5.41) is 9.28. The Morgan fingerprint density at radius 1 is 1.19 bits per heavy atom. The van der Waals surface area contributed by atoms with Crippen LogP contribution in [0, 0.1) is 6.92 Å². The zero-order valence-corrected chi connectivity index (χ0v) is 21.6. The van der Waals surface area contributed by atoms with Crippen LogP contribution in [0.4, 0.5) is 4.79 Å². The minimum absolute atomic E-state index is 0.0308. The molecule has 1 amide bonds. The lowest BCUT2D eigenvalue weighted by Gasteiger charge is -2.39. The molecule has 1 fully saturated rings. The van der Waals surface area contributed by atoms with Gasteiger partial charge in [0.15, 0.2) is 0 Å². The van der Waals surface area contributed by atoms with Crippen LogP contribution in [0.5, 0.6) is 5.88 Å². The highest BCUT2D eigenvalue weighted by Gasteiger charge is 2.36. The normalized spacial score (nSPS) is 15.1. The lowest BCUT2D eigenvalue weighted by Crippen LogP contribution is -2.52. The van der Waals surface area contributed by atoms with Gasteiger partial charge in [0, 0.05) is 30.9 Å². The minimum Gasteiger partial charge on any atom is -0.469 e.